The predicted molar refractivity (Wildman–Crippen MR) is 101 cm³/mol. The van der Waals surface area contributed by atoms with Crippen molar-refractivity contribution in [2.45, 2.75) is 43.8 Å². The molecule has 7 rings (SSSR count). The van der Waals surface area contributed by atoms with E-state index in [-0.39, 0.29) is 0 Å². The lowest BCUT2D eigenvalue weighted by Gasteiger charge is -2.57. The van der Waals surface area contributed by atoms with Gasteiger partial charge in [-0.15, -0.1) is 5.10 Å². The maximum atomic E-state index is 14.9. The zero-order valence-electron chi connectivity index (χ0n) is 15.1. The number of fused-ring (bicyclic) bond motifs is 1. The highest BCUT2D eigenvalue weighted by Gasteiger charge is 2.55. The lowest BCUT2D eigenvalue weighted by molar-refractivity contribution is -0.0801. The summed E-state index contributed by atoms with van der Waals surface area (Å²) in [4.78, 5) is 8.55. The van der Waals surface area contributed by atoms with Gasteiger partial charge in [-0.3, -0.25) is 4.98 Å². The van der Waals surface area contributed by atoms with E-state index in [1.54, 1.807) is 12.4 Å². The first-order chi connectivity index (χ1) is 13.2. The molecule has 2 unspecified atom stereocenters. The second-order valence-electron chi connectivity index (χ2n) is 8.66. The Morgan fingerprint density at radius 2 is 1.81 bits per heavy atom. The summed E-state index contributed by atoms with van der Waals surface area (Å²) in [5.41, 5.74) is 1.91. The van der Waals surface area contributed by atoms with Gasteiger partial charge >= 0.3 is 0 Å². The smallest absolute Gasteiger partial charge is 0.154 e. The molecule has 138 valence electrons. The Labute approximate surface area is 157 Å². The van der Waals surface area contributed by atoms with Crippen LogP contribution in [0.5, 0.6) is 0 Å². The Hall–Kier alpha value is -2.50. The van der Waals surface area contributed by atoms with E-state index in [1.165, 1.54) is 0 Å². The van der Waals surface area contributed by atoms with Crippen LogP contribution in [0.15, 0.2) is 42.9 Å². The lowest BCUT2D eigenvalue weighted by Crippen LogP contribution is -2.57. The molecule has 0 saturated heterocycles. The van der Waals surface area contributed by atoms with Crippen molar-refractivity contribution < 1.29 is 4.39 Å². The molecule has 27 heavy (non-hydrogen) atoms. The molecule has 4 aliphatic rings. The molecule has 4 aliphatic carbocycles. The third-order valence-electron chi connectivity index (χ3n) is 6.85. The third kappa shape index (κ3) is 2.46. The van der Waals surface area contributed by atoms with E-state index in [2.05, 4.69) is 15.3 Å². The minimum absolute atomic E-state index is 0.336. The summed E-state index contributed by atoms with van der Waals surface area (Å²) in [7, 11) is 0. The highest BCUT2D eigenvalue weighted by atomic mass is 19.1. The van der Waals surface area contributed by atoms with E-state index >= 15 is 0 Å². The largest absolute Gasteiger partial charge is 0.365 e. The minimum Gasteiger partial charge on any atom is -0.365 e. The molecular weight excluding hydrogens is 341 g/mol. The summed E-state index contributed by atoms with van der Waals surface area (Å²) < 4.78 is 16.8. The molecule has 5 nitrogen and oxygen atoms in total. The first-order valence-electron chi connectivity index (χ1n) is 9.88. The van der Waals surface area contributed by atoms with E-state index in [9.17, 15) is 4.39 Å². The standard InChI is InChI=1S/C21H22FN5/c22-21-9-13-7-15(10-21)20(16(8-13)11-21)25-18-1-2-19-24-12-17(27(19)26-18)14-3-5-23-6-4-14/h1-6,12-13,15-16,20H,7-11H2,(H,25,26). The Bertz CT molecular complexity index is 984. The maximum Gasteiger partial charge on any atom is 0.154 e. The SMILES string of the molecule is FC12CC3CC(C1)C(Nc1ccc4ncc(-c5ccncc5)n4n1)C(C3)C2. The van der Waals surface area contributed by atoms with E-state index in [4.69, 9.17) is 5.10 Å². The number of hydrogen-bond acceptors (Lipinski definition) is 4. The van der Waals surface area contributed by atoms with E-state index < -0.39 is 5.67 Å². The van der Waals surface area contributed by atoms with Crippen molar-refractivity contribution in [3.8, 4) is 11.3 Å². The Kier molecular flexibility index (Phi) is 3.17. The fraction of sp³-hybridized carbons (Fsp3) is 0.476. The molecular formula is C21H22FN5. The number of imidazole rings is 1. The molecule has 4 fully saturated rings. The van der Waals surface area contributed by atoms with Gasteiger partial charge in [-0.1, -0.05) is 0 Å². The molecule has 2 atom stereocenters. The van der Waals surface area contributed by atoms with Crippen LogP contribution in [-0.4, -0.2) is 31.3 Å². The fourth-order valence-electron chi connectivity index (χ4n) is 6.00. The van der Waals surface area contributed by atoms with E-state index in [1.807, 2.05) is 35.0 Å². The van der Waals surface area contributed by atoms with Gasteiger partial charge in [-0.25, -0.2) is 13.9 Å². The number of pyridine rings is 1. The summed E-state index contributed by atoms with van der Waals surface area (Å²) in [5, 5.41) is 8.47. The quantitative estimate of drug-likeness (QED) is 0.760. The van der Waals surface area contributed by atoms with Crippen LogP contribution in [-0.2, 0) is 0 Å². The Morgan fingerprint density at radius 3 is 2.56 bits per heavy atom. The molecule has 1 N–H and O–H groups in total. The third-order valence-corrected chi connectivity index (χ3v) is 6.85. The van der Waals surface area contributed by atoms with Gasteiger partial charge in [-0.05, 0) is 74.1 Å². The van der Waals surface area contributed by atoms with Crippen LogP contribution in [0.4, 0.5) is 10.2 Å². The highest BCUT2D eigenvalue weighted by Crippen LogP contribution is 2.57. The number of anilines is 1. The van der Waals surface area contributed by atoms with Gasteiger partial charge in [0.1, 0.15) is 11.5 Å². The maximum absolute atomic E-state index is 14.9. The van der Waals surface area contributed by atoms with Gasteiger partial charge in [0.25, 0.3) is 0 Å². The Balaban J connectivity index is 1.33. The van der Waals surface area contributed by atoms with Crippen LogP contribution in [0.3, 0.4) is 0 Å². The summed E-state index contributed by atoms with van der Waals surface area (Å²) in [6, 6.07) is 8.25. The van der Waals surface area contributed by atoms with Crippen molar-refractivity contribution >= 4 is 11.5 Å². The summed E-state index contributed by atoms with van der Waals surface area (Å²) in [6.07, 6.45) is 9.94. The number of nitrogens with one attached hydrogen (secondary N) is 1. The van der Waals surface area contributed by atoms with Crippen molar-refractivity contribution in [1.29, 1.82) is 0 Å². The van der Waals surface area contributed by atoms with E-state index in [0.717, 1.165) is 42.0 Å². The number of hydrogen-bond donors (Lipinski definition) is 1. The number of nitrogens with zero attached hydrogens (tertiary/aromatic N) is 4. The minimum atomic E-state index is -0.898. The fourth-order valence-corrected chi connectivity index (χ4v) is 6.00. The number of aromatic nitrogens is 4. The average molecular weight is 363 g/mol. The van der Waals surface area contributed by atoms with Gasteiger partial charge in [0.2, 0.25) is 0 Å². The van der Waals surface area contributed by atoms with Crippen LogP contribution >= 0.6 is 0 Å². The first kappa shape index (κ1) is 15.5. The molecule has 0 aromatic carbocycles. The monoisotopic (exact) mass is 363 g/mol. The molecule has 0 radical (unpaired) electrons. The van der Waals surface area contributed by atoms with Crippen molar-refractivity contribution in [2.24, 2.45) is 17.8 Å². The van der Waals surface area contributed by atoms with E-state index in [0.29, 0.717) is 36.6 Å². The van der Waals surface area contributed by atoms with Gasteiger partial charge in [0, 0.05) is 24.0 Å². The topological polar surface area (TPSA) is 55.1 Å². The zero-order chi connectivity index (χ0) is 18.0. The first-order valence-corrected chi connectivity index (χ1v) is 9.88. The Morgan fingerprint density at radius 1 is 1.04 bits per heavy atom. The van der Waals surface area contributed by atoms with Crippen LogP contribution in [0, 0.1) is 17.8 Å². The number of alkyl halides is 1. The second kappa shape index (κ2) is 5.50. The number of halogens is 1. The molecule has 3 heterocycles. The zero-order valence-corrected chi connectivity index (χ0v) is 15.1. The molecule has 4 bridgehead atoms. The molecule has 0 amide bonds. The van der Waals surface area contributed by atoms with Crippen molar-refractivity contribution in [1.82, 2.24) is 19.6 Å². The summed E-state index contributed by atoms with van der Waals surface area (Å²) in [5.74, 6) is 2.30. The normalized spacial score (nSPS) is 34.3. The molecule has 3 aromatic heterocycles. The van der Waals surface area contributed by atoms with Gasteiger partial charge in [0.15, 0.2) is 5.65 Å². The summed E-state index contributed by atoms with van der Waals surface area (Å²) in [6.45, 7) is 0. The van der Waals surface area contributed by atoms with Crippen molar-refractivity contribution in [3.63, 3.8) is 0 Å². The highest BCUT2D eigenvalue weighted by molar-refractivity contribution is 5.63. The predicted octanol–water partition coefficient (Wildman–Crippen LogP) is 4.12. The molecule has 4 saturated carbocycles. The lowest BCUT2D eigenvalue weighted by atomic mass is 9.53. The molecule has 3 aromatic rings. The van der Waals surface area contributed by atoms with Crippen LogP contribution in [0.2, 0.25) is 0 Å². The molecule has 0 aliphatic heterocycles. The second-order valence-corrected chi connectivity index (χ2v) is 8.66. The number of rotatable bonds is 3. The molecule has 0 spiro atoms. The van der Waals surface area contributed by atoms with Gasteiger partial charge in [0.05, 0.1) is 11.9 Å². The van der Waals surface area contributed by atoms with Crippen molar-refractivity contribution in [2.75, 3.05) is 5.32 Å². The van der Waals surface area contributed by atoms with Gasteiger partial charge < -0.3 is 5.32 Å². The summed E-state index contributed by atoms with van der Waals surface area (Å²) >= 11 is 0. The molecule has 6 heteroatoms. The average Bonchev–Trinajstić information content (AvgIpc) is 3.07. The van der Waals surface area contributed by atoms with Crippen molar-refractivity contribution in [3.05, 3.63) is 42.9 Å². The van der Waals surface area contributed by atoms with Gasteiger partial charge in [-0.2, -0.15) is 0 Å². The van der Waals surface area contributed by atoms with Crippen LogP contribution < -0.4 is 5.32 Å². The van der Waals surface area contributed by atoms with Crippen LogP contribution in [0.1, 0.15) is 32.1 Å². The van der Waals surface area contributed by atoms with Crippen LogP contribution in [0.25, 0.3) is 16.9 Å².